The maximum Gasteiger partial charge on any atom is 0.410 e. The number of rotatable bonds is 9. The zero-order chi connectivity index (χ0) is 41.7. The van der Waals surface area contributed by atoms with E-state index in [0.717, 1.165) is 62.9 Å². The van der Waals surface area contributed by atoms with Crippen LogP contribution in [0.2, 0.25) is 0 Å². The number of aromatic nitrogens is 4. The number of likely N-dealkylation sites (tertiary alicyclic amines) is 2. The van der Waals surface area contributed by atoms with Crippen molar-refractivity contribution in [1.82, 2.24) is 35.1 Å². The third-order valence-electron chi connectivity index (χ3n) is 11.3. The molecule has 2 saturated heterocycles. The largest absolute Gasteiger partial charge is 0.488 e. The van der Waals surface area contributed by atoms with Gasteiger partial charge in [0.2, 0.25) is 5.91 Å². The Bertz CT molecular complexity index is 2410. The molecule has 14 nitrogen and oxygen atoms in total. The van der Waals surface area contributed by atoms with E-state index in [4.69, 9.17) is 19.2 Å². The van der Waals surface area contributed by atoms with Crippen LogP contribution in [-0.2, 0) is 25.6 Å². The lowest BCUT2D eigenvalue weighted by Crippen LogP contribution is -2.51. The summed E-state index contributed by atoms with van der Waals surface area (Å²) >= 11 is 0. The van der Waals surface area contributed by atoms with Crippen molar-refractivity contribution in [3.05, 3.63) is 65.9 Å². The van der Waals surface area contributed by atoms with Crippen molar-refractivity contribution in [3.8, 4) is 28.1 Å². The summed E-state index contributed by atoms with van der Waals surface area (Å²) < 4.78 is 47.6. The number of methoxy groups -OCH3 is 1. The van der Waals surface area contributed by atoms with Gasteiger partial charge in [0.25, 0.3) is 0 Å². The Kier molecular flexibility index (Phi) is 10.7. The maximum absolute atomic E-state index is 14.0. The molecule has 2 aromatic heterocycles. The number of nitrogens with zero attached hydrogens (tertiary/aromatic N) is 4. The Morgan fingerprint density at radius 3 is 2.58 bits per heavy atom. The fourth-order valence-corrected chi connectivity index (χ4v) is 8.51. The van der Waals surface area contributed by atoms with Gasteiger partial charge in [-0.15, -0.1) is 0 Å². The van der Waals surface area contributed by atoms with Gasteiger partial charge in [-0.3, -0.25) is 9.69 Å². The number of imidazole rings is 2. The summed E-state index contributed by atoms with van der Waals surface area (Å²) in [7, 11) is 1.22. The number of nitrogens with one attached hydrogen (secondary N) is 3. The number of benzene rings is 3. The van der Waals surface area contributed by atoms with E-state index in [0.29, 0.717) is 36.7 Å². The Morgan fingerprint density at radius 1 is 1.02 bits per heavy atom. The van der Waals surface area contributed by atoms with E-state index in [2.05, 4.69) is 49.3 Å². The Balaban J connectivity index is 1.06. The minimum atomic E-state index is -2.94. The number of aromatic amines is 2. The number of amides is 3. The predicted octanol–water partition coefficient (Wildman–Crippen LogP) is 8.25. The van der Waals surface area contributed by atoms with E-state index in [1.165, 1.54) is 7.11 Å². The summed E-state index contributed by atoms with van der Waals surface area (Å²) in [5, 5.41) is 4.41. The molecule has 3 aliphatic heterocycles. The van der Waals surface area contributed by atoms with Crippen LogP contribution in [0.4, 0.5) is 18.4 Å². The molecule has 0 aliphatic carbocycles. The van der Waals surface area contributed by atoms with Gasteiger partial charge >= 0.3 is 18.8 Å². The van der Waals surface area contributed by atoms with Crippen LogP contribution in [-0.4, -0.2) is 92.9 Å². The second-order valence-electron chi connectivity index (χ2n) is 16.9. The molecule has 0 saturated carbocycles. The molecule has 0 bridgehead atoms. The van der Waals surface area contributed by atoms with E-state index in [9.17, 15) is 23.2 Å². The van der Waals surface area contributed by atoms with Gasteiger partial charge in [0.15, 0.2) is 0 Å². The average molecular weight is 814 g/mol. The van der Waals surface area contributed by atoms with Gasteiger partial charge in [0.05, 0.1) is 48.7 Å². The number of halogens is 2. The van der Waals surface area contributed by atoms with Gasteiger partial charge in [-0.05, 0) is 92.3 Å². The highest BCUT2D eigenvalue weighted by Gasteiger charge is 2.42. The highest BCUT2D eigenvalue weighted by molar-refractivity contribution is 6.07. The maximum atomic E-state index is 14.0. The molecule has 3 aliphatic rings. The van der Waals surface area contributed by atoms with Crippen molar-refractivity contribution in [3.63, 3.8) is 0 Å². The van der Waals surface area contributed by atoms with Crippen molar-refractivity contribution in [2.24, 2.45) is 11.8 Å². The topological polar surface area (TPSA) is 164 Å². The second kappa shape index (κ2) is 15.8. The summed E-state index contributed by atoms with van der Waals surface area (Å²) in [6.07, 6.45) is 2.73. The van der Waals surface area contributed by atoms with Gasteiger partial charge < -0.3 is 39.1 Å². The molecular formula is C43H49F2N7O7. The fourth-order valence-electron chi connectivity index (χ4n) is 8.51. The number of hydrogen-bond acceptors (Lipinski definition) is 9. The van der Waals surface area contributed by atoms with Crippen LogP contribution in [0.5, 0.6) is 5.75 Å². The third kappa shape index (κ3) is 8.01. The highest BCUT2D eigenvalue weighted by atomic mass is 19.3. The van der Waals surface area contributed by atoms with E-state index in [1.807, 2.05) is 52.8 Å². The molecule has 2 unspecified atom stereocenters. The molecule has 5 aromatic rings. The predicted molar refractivity (Wildman–Crippen MR) is 215 cm³/mol. The molecule has 0 spiro atoms. The van der Waals surface area contributed by atoms with E-state index >= 15 is 0 Å². The number of alkyl halides is 2. The van der Waals surface area contributed by atoms with Gasteiger partial charge in [-0.2, -0.15) is 8.78 Å². The normalized spacial score (nSPS) is 19.6. The number of carbonyl (C=O) groups excluding carboxylic acids is 3. The summed E-state index contributed by atoms with van der Waals surface area (Å²) in [4.78, 5) is 59.0. The van der Waals surface area contributed by atoms with Crippen molar-refractivity contribution in [2.45, 2.75) is 90.8 Å². The van der Waals surface area contributed by atoms with E-state index in [-0.39, 0.29) is 43.0 Å². The van der Waals surface area contributed by atoms with Crippen LogP contribution in [0.3, 0.4) is 0 Å². The quantitative estimate of drug-likeness (QED) is 0.133. The molecule has 59 heavy (non-hydrogen) atoms. The molecule has 16 heteroatoms. The number of hydrogen-bond donors (Lipinski definition) is 3. The first-order valence-electron chi connectivity index (χ1n) is 20.0. The smallest absolute Gasteiger partial charge is 0.410 e. The van der Waals surface area contributed by atoms with Gasteiger partial charge in [0, 0.05) is 30.0 Å². The zero-order valence-corrected chi connectivity index (χ0v) is 33.9. The van der Waals surface area contributed by atoms with Gasteiger partial charge in [-0.1, -0.05) is 32.0 Å². The minimum absolute atomic E-state index is 0.150. The summed E-state index contributed by atoms with van der Waals surface area (Å²) in [6, 6.07) is 12.6. The molecule has 3 aromatic carbocycles. The van der Waals surface area contributed by atoms with Crippen molar-refractivity contribution in [2.75, 3.05) is 26.8 Å². The number of ether oxygens (including phenoxy) is 4. The number of alkyl carbamates (subject to hydrolysis) is 1. The number of carbonyl (C=O) groups is 3. The van der Waals surface area contributed by atoms with Crippen molar-refractivity contribution >= 4 is 39.9 Å². The minimum Gasteiger partial charge on any atom is -0.488 e. The number of fused-ring (bicyclic) bond motifs is 6. The molecule has 2 fully saturated rings. The lowest BCUT2D eigenvalue weighted by atomic mass is 9.92. The Labute approximate surface area is 339 Å². The molecule has 4 atom stereocenters. The monoisotopic (exact) mass is 813 g/mol. The summed E-state index contributed by atoms with van der Waals surface area (Å²) in [6.45, 7) is 7.14. The average Bonchev–Trinajstić information content (AvgIpc) is 4.02. The van der Waals surface area contributed by atoms with E-state index < -0.39 is 30.4 Å². The molecule has 5 heterocycles. The first kappa shape index (κ1) is 40.0. The van der Waals surface area contributed by atoms with Crippen molar-refractivity contribution < 1.29 is 42.1 Å². The van der Waals surface area contributed by atoms with E-state index in [1.54, 1.807) is 16.0 Å². The SMILES string of the molecule is COC(=O)NC(C(=O)N1C[C@@H](COC(F)F)C[C@H]1c1nc2c(ccc3cc4c(cc32)OCc2cc(-c3cnc(C5CCCN5C(=O)OC(C)(C)C)[nH]3)ccc2-4)[nH]1)C(C)C. The zero-order valence-electron chi connectivity index (χ0n) is 33.9. The van der Waals surface area contributed by atoms with Crippen LogP contribution in [0, 0.1) is 11.8 Å². The third-order valence-corrected chi connectivity index (χ3v) is 11.3. The standard InChI is InChI=1S/C43H49F2N7O7/c1-22(2)35(50-41(54)56-6)39(53)52-19-23(20-58-40(44)45)14-33(52)38-47-30-12-10-24-16-29-27-11-9-25(15-26(27)21-57-34(29)17-28(24)36(30)49-38)31-18-46-37(48-31)32-8-7-13-51(32)42(55)59-43(3,4)5/h9-12,15-18,22-23,32-33,35,40H,7-8,13-14,19-21H2,1-6H3,(H,46,48)(H,47,49)(H,50,54)/t23-,32?,33-,35?/m0/s1. The first-order valence-corrected chi connectivity index (χ1v) is 20.0. The fraction of sp³-hybridized carbons (Fsp3) is 0.465. The van der Waals surface area contributed by atoms with Gasteiger partial charge in [-0.25, -0.2) is 19.6 Å². The molecule has 8 rings (SSSR count). The molecular weight excluding hydrogens is 765 g/mol. The van der Waals surface area contributed by atoms with Crippen LogP contribution < -0.4 is 10.1 Å². The lowest BCUT2D eigenvalue weighted by Gasteiger charge is -2.30. The van der Waals surface area contributed by atoms with Crippen LogP contribution >= 0.6 is 0 Å². The first-order chi connectivity index (χ1) is 28.2. The van der Waals surface area contributed by atoms with Gasteiger partial charge in [0.1, 0.15) is 35.6 Å². The summed E-state index contributed by atoms with van der Waals surface area (Å²) in [5.74, 6) is 0.913. The van der Waals surface area contributed by atoms with Crippen LogP contribution in [0.15, 0.2) is 48.7 Å². The Hall–Kier alpha value is -5.77. The Morgan fingerprint density at radius 2 is 1.83 bits per heavy atom. The highest BCUT2D eigenvalue weighted by Crippen LogP contribution is 2.44. The lowest BCUT2D eigenvalue weighted by molar-refractivity contribution is -0.139. The van der Waals surface area contributed by atoms with Crippen LogP contribution in [0.1, 0.15) is 83.2 Å². The van der Waals surface area contributed by atoms with Crippen molar-refractivity contribution in [1.29, 1.82) is 0 Å². The van der Waals surface area contributed by atoms with Crippen LogP contribution in [0.25, 0.3) is 44.2 Å². The molecule has 3 N–H and O–H groups in total. The number of H-pyrrole nitrogens is 2. The summed E-state index contributed by atoms with van der Waals surface area (Å²) in [5.41, 5.74) is 5.63. The molecule has 312 valence electrons. The molecule has 3 amide bonds. The second-order valence-corrected chi connectivity index (χ2v) is 16.9. The molecule has 0 radical (unpaired) electrons.